The molecule has 0 unspecified atom stereocenters. The Hall–Kier alpha value is -4.48. The molecule has 38 heavy (non-hydrogen) atoms. The standard InChI is InChI=1S/C26H16F6N2O4/c27-25(28,29)15-8-16(26(30,31)32)10-17(9-15)33-11-20-18-3-1-2-4-19(18)23(35)34(24(20)36)12-14-5-6-21-22(7-14)38-13-37-21/h1-11,36H,12-13H2. The zero-order valence-electron chi connectivity index (χ0n) is 19.1. The number of ether oxygens (including phenoxy) is 2. The molecule has 0 aliphatic carbocycles. The summed E-state index contributed by atoms with van der Waals surface area (Å²) in [6.45, 7) is -0.0824. The number of hydrogen-bond acceptors (Lipinski definition) is 5. The van der Waals surface area contributed by atoms with Crippen LogP contribution in [0.2, 0.25) is 0 Å². The maximum atomic E-state index is 13.2. The van der Waals surface area contributed by atoms with Crippen molar-refractivity contribution in [3.05, 3.63) is 93.3 Å². The molecule has 5 rings (SSSR count). The van der Waals surface area contributed by atoms with Gasteiger partial charge in [0.2, 0.25) is 12.7 Å². The van der Waals surface area contributed by atoms with E-state index in [1.807, 2.05) is 0 Å². The summed E-state index contributed by atoms with van der Waals surface area (Å²) in [6.07, 6.45) is -9.15. The predicted molar refractivity (Wildman–Crippen MR) is 125 cm³/mol. The van der Waals surface area contributed by atoms with Crippen molar-refractivity contribution in [2.24, 2.45) is 4.99 Å². The number of pyridine rings is 1. The average molecular weight is 534 g/mol. The first-order chi connectivity index (χ1) is 17.9. The van der Waals surface area contributed by atoms with Gasteiger partial charge in [0, 0.05) is 17.0 Å². The van der Waals surface area contributed by atoms with E-state index < -0.39 is 40.6 Å². The second-order valence-electron chi connectivity index (χ2n) is 8.38. The zero-order valence-corrected chi connectivity index (χ0v) is 19.1. The molecule has 0 spiro atoms. The molecule has 3 aromatic carbocycles. The van der Waals surface area contributed by atoms with E-state index in [0.29, 0.717) is 29.2 Å². The van der Waals surface area contributed by atoms with Gasteiger partial charge in [-0.25, -0.2) is 0 Å². The van der Waals surface area contributed by atoms with Gasteiger partial charge >= 0.3 is 12.4 Å². The van der Waals surface area contributed by atoms with Gasteiger partial charge in [-0.2, -0.15) is 26.3 Å². The van der Waals surface area contributed by atoms with Gasteiger partial charge in [-0.05, 0) is 42.0 Å². The fourth-order valence-corrected chi connectivity index (χ4v) is 4.06. The van der Waals surface area contributed by atoms with Crippen LogP contribution >= 0.6 is 0 Å². The highest BCUT2D eigenvalue weighted by Gasteiger charge is 2.37. The number of benzene rings is 3. The minimum Gasteiger partial charge on any atom is -0.494 e. The van der Waals surface area contributed by atoms with E-state index in [0.717, 1.165) is 10.8 Å². The van der Waals surface area contributed by atoms with Crippen LogP contribution in [0.4, 0.5) is 32.0 Å². The Morgan fingerprint density at radius 2 is 1.50 bits per heavy atom. The summed E-state index contributed by atoms with van der Waals surface area (Å²) in [5.41, 5.74) is -3.75. The summed E-state index contributed by atoms with van der Waals surface area (Å²) in [5, 5.41) is 11.4. The highest BCUT2D eigenvalue weighted by atomic mass is 19.4. The molecule has 0 amide bonds. The fourth-order valence-electron chi connectivity index (χ4n) is 4.06. The Kier molecular flexibility index (Phi) is 6.04. The number of nitrogens with zero attached hydrogens (tertiary/aromatic N) is 2. The molecule has 0 bridgehead atoms. The predicted octanol–water partition coefficient (Wildman–Crippen LogP) is 6.27. The van der Waals surface area contributed by atoms with E-state index >= 15 is 0 Å². The molecule has 1 aromatic heterocycles. The summed E-state index contributed by atoms with van der Waals surface area (Å²) in [5.74, 6) is 0.386. The van der Waals surface area contributed by atoms with Gasteiger partial charge < -0.3 is 14.6 Å². The molecule has 6 nitrogen and oxygen atoms in total. The summed E-state index contributed by atoms with van der Waals surface area (Å²) in [6, 6.07) is 11.9. The van der Waals surface area contributed by atoms with Gasteiger partial charge in [-0.3, -0.25) is 14.4 Å². The molecule has 0 atom stereocenters. The maximum Gasteiger partial charge on any atom is 0.416 e. The SMILES string of the molecule is O=c1c2ccccc2c(C=Nc2cc(C(F)(F)F)cc(C(F)(F)F)c2)c(O)n1Cc1ccc2c(c1)OCO2. The van der Waals surface area contributed by atoms with Crippen LogP contribution in [-0.2, 0) is 18.9 Å². The number of rotatable bonds is 4. The lowest BCUT2D eigenvalue weighted by Crippen LogP contribution is -2.22. The van der Waals surface area contributed by atoms with Gasteiger partial charge in [0.1, 0.15) is 0 Å². The van der Waals surface area contributed by atoms with Crippen LogP contribution in [0.3, 0.4) is 0 Å². The molecule has 2 heterocycles. The van der Waals surface area contributed by atoms with Crippen molar-refractivity contribution >= 4 is 22.7 Å². The van der Waals surface area contributed by atoms with Crippen molar-refractivity contribution in [2.45, 2.75) is 18.9 Å². The number of aromatic hydroxyl groups is 1. The van der Waals surface area contributed by atoms with Crippen LogP contribution in [0.15, 0.2) is 70.5 Å². The first kappa shape index (κ1) is 25.2. The van der Waals surface area contributed by atoms with E-state index in [-0.39, 0.29) is 35.7 Å². The van der Waals surface area contributed by atoms with Crippen LogP contribution in [0, 0.1) is 0 Å². The third-order valence-electron chi connectivity index (χ3n) is 5.88. The van der Waals surface area contributed by atoms with E-state index in [1.54, 1.807) is 30.3 Å². The largest absolute Gasteiger partial charge is 0.494 e. The average Bonchev–Trinajstić information content (AvgIpc) is 3.33. The van der Waals surface area contributed by atoms with Crippen molar-refractivity contribution in [3.8, 4) is 17.4 Å². The van der Waals surface area contributed by atoms with Crippen molar-refractivity contribution in [2.75, 3.05) is 6.79 Å². The van der Waals surface area contributed by atoms with Crippen LogP contribution in [0.5, 0.6) is 17.4 Å². The summed E-state index contributed by atoms with van der Waals surface area (Å²) in [7, 11) is 0. The van der Waals surface area contributed by atoms with Gasteiger partial charge in [0.05, 0.1) is 28.9 Å². The third kappa shape index (κ3) is 4.76. The molecule has 1 N–H and O–H groups in total. The van der Waals surface area contributed by atoms with E-state index in [1.165, 1.54) is 12.1 Å². The van der Waals surface area contributed by atoms with Gasteiger partial charge in [0.15, 0.2) is 11.5 Å². The number of hydrogen-bond donors (Lipinski definition) is 1. The molecule has 0 saturated heterocycles. The second-order valence-corrected chi connectivity index (χ2v) is 8.38. The minimum atomic E-state index is -5.04. The molecule has 0 radical (unpaired) electrons. The monoisotopic (exact) mass is 534 g/mol. The number of fused-ring (bicyclic) bond motifs is 2. The lowest BCUT2D eigenvalue weighted by atomic mass is 10.1. The van der Waals surface area contributed by atoms with Crippen LogP contribution in [-0.4, -0.2) is 22.7 Å². The minimum absolute atomic E-state index is 0.00254. The van der Waals surface area contributed by atoms with Gasteiger partial charge in [0.25, 0.3) is 5.56 Å². The third-order valence-corrected chi connectivity index (χ3v) is 5.88. The fraction of sp³-hybridized carbons (Fsp3) is 0.154. The van der Waals surface area contributed by atoms with Crippen LogP contribution in [0.25, 0.3) is 10.8 Å². The molecule has 1 aliphatic rings. The van der Waals surface area contributed by atoms with Crippen LogP contribution in [0.1, 0.15) is 22.3 Å². The molecule has 196 valence electrons. The Balaban J connectivity index is 1.63. The normalized spacial score (nSPS) is 13.5. The van der Waals surface area contributed by atoms with Gasteiger partial charge in [-0.1, -0.05) is 24.3 Å². The Morgan fingerprint density at radius 1 is 0.868 bits per heavy atom. The number of aromatic nitrogens is 1. The first-order valence-electron chi connectivity index (χ1n) is 11.0. The highest BCUT2D eigenvalue weighted by Crippen LogP contribution is 2.38. The summed E-state index contributed by atoms with van der Waals surface area (Å²) in [4.78, 5) is 17.0. The maximum absolute atomic E-state index is 13.2. The number of halogens is 6. The molecule has 4 aromatic rings. The highest BCUT2D eigenvalue weighted by molar-refractivity contribution is 6.02. The molecular formula is C26H16F6N2O4. The second kappa shape index (κ2) is 9.12. The zero-order chi connectivity index (χ0) is 27.2. The lowest BCUT2D eigenvalue weighted by molar-refractivity contribution is -0.143. The quantitative estimate of drug-likeness (QED) is 0.247. The van der Waals surface area contributed by atoms with Crippen molar-refractivity contribution in [1.29, 1.82) is 0 Å². The van der Waals surface area contributed by atoms with E-state index in [2.05, 4.69) is 4.99 Å². The first-order valence-corrected chi connectivity index (χ1v) is 11.0. The van der Waals surface area contributed by atoms with Gasteiger partial charge in [-0.15, -0.1) is 0 Å². The number of aliphatic imine (C=N–C) groups is 1. The van der Waals surface area contributed by atoms with E-state index in [9.17, 15) is 36.2 Å². The Bertz CT molecular complexity index is 1610. The Morgan fingerprint density at radius 3 is 2.16 bits per heavy atom. The lowest BCUT2D eigenvalue weighted by Gasteiger charge is -2.14. The smallest absolute Gasteiger partial charge is 0.416 e. The van der Waals surface area contributed by atoms with E-state index in [4.69, 9.17) is 9.47 Å². The molecule has 12 heteroatoms. The summed E-state index contributed by atoms with van der Waals surface area (Å²) >= 11 is 0. The summed E-state index contributed by atoms with van der Waals surface area (Å²) < 4.78 is 91.1. The molecule has 0 saturated carbocycles. The Labute approximate surface area is 210 Å². The molecule has 0 fully saturated rings. The molecular weight excluding hydrogens is 518 g/mol. The van der Waals surface area contributed by atoms with Crippen molar-refractivity contribution < 1.29 is 40.9 Å². The van der Waals surface area contributed by atoms with Crippen LogP contribution < -0.4 is 15.0 Å². The van der Waals surface area contributed by atoms with Crippen molar-refractivity contribution in [1.82, 2.24) is 4.57 Å². The topological polar surface area (TPSA) is 73.0 Å². The molecule has 1 aliphatic heterocycles. The van der Waals surface area contributed by atoms with Crippen molar-refractivity contribution in [3.63, 3.8) is 0 Å². The number of alkyl halides is 6.